The van der Waals surface area contributed by atoms with E-state index in [0.29, 0.717) is 18.1 Å². The number of aliphatic hydroxyl groups is 1. The van der Waals surface area contributed by atoms with Gasteiger partial charge in [0, 0.05) is 17.3 Å². The molecule has 3 fully saturated rings. The molecule has 0 bridgehead atoms. The van der Waals surface area contributed by atoms with E-state index in [2.05, 4.69) is 34.6 Å². The van der Waals surface area contributed by atoms with Gasteiger partial charge in [0.05, 0.1) is 0 Å². The first-order valence-corrected chi connectivity index (χ1v) is 9.66. The fourth-order valence-electron chi connectivity index (χ4n) is 7.21. The molecular weight excluding hydrogens is 316 g/mol. The Morgan fingerprint density at radius 3 is 2.44 bits per heavy atom. The summed E-state index contributed by atoms with van der Waals surface area (Å²) in [5, 5.41) is 10.6. The summed E-state index contributed by atoms with van der Waals surface area (Å²) in [5.74, 6) is 0.370. The molecule has 0 spiro atoms. The van der Waals surface area contributed by atoms with Gasteiger partial charge in [-0.2, -0.15) is 0 Å². The first-order chi connectivity index (χ1) is 11.5. The van der Waals surface area contributed by atoms with Crippen LogP contribution in [0.4, 0.5) is 0 Å². The Morgan fingerprint density at radius 1 is 1.08 bits per heavy atom. The molecule has 0 aromatic heterocycles. The van der Waals surface area contributed by atoms with Gasteiger partial charge in [-0.05, 0) is 55.4 Å². The van der Waals surface area contributed by atoms with Crippen molar-refractivity contribution in [2.24, 2.45) is 28.1 Å². The van der Waals surface area contributed by atoms with E-state index in [9.17, 15) is 14.7 Å². The van der Waals surface area contributed by atoms with Gasteiger partial charge in [-0.25, -0.2) is 4.79 Å². The van der Waals surface area contributed by atoms with Crippen molar-refractivity contribution in [1.82, 2.24) is 0 Å². The van der Waals surface area contributed by atoms with Gasteiger partial charge in [-0.15, -0.1) is 0 Å². The molecule has 4 rings (SSSR count). The predicted octanol–water partition coefficient (Wildman–Crippen LogP) is 3.42. The van der Waals surface area contributed by atoms with Crippen LogP contribution in [-0.4, -0.2) is 29.1 Å². The second-order valence-corrected chi connectivity index (χ2v) is 9.83. The third-order valence-electron chi connectivity index (χ3n) is 8.52. The number of ether oxygens (including phenoxy) is 1. The number of fused-ring (bicyclic) bond motifs is 2. The summed E-state index contributed by atoms with van der Waals surface area (Å²) in [7, 11) is 0. The van der Waals surface area contributed by atoms with Gasteiger partial charge >= 0.3 is 5.97 Å². The predicted molar refractivity (Wildman–Crippen MR) is 93.7 cm³/mol. The highest BCUT2D eigenvalue weighted by molar-refractivity contribution is 5.86. The van der Waals surface area contributed by atoms with E-state index < -0.39 is 12.1 Å². The van der Waals surface area contributed by atoms with Crippen LogP contribution >= 0.6 is 0 Å². The van der Waals surface area contributed by atoms with Crippen LogP contribution in [0.1, 0.15) is 66.7 Å². The van der Waals surface area contributed by atoms with E-state index in [-0.39, 0.29) is 28.3 Å². The molecule has 0 amide bonds. The molecule has 0 radical (unpaired) electrons. The SMILES string of the molecule is CC1=C2C(O)C(=O)OC3C[C@H]4C(C)(C)C(=O)CC[C@]4(C)[C@@H](CC1)[C@]23C. The maximum atomic E-state index is 12.6. The number of aliphatic hydroxyl groups excluding tert-OH is 1. The zero-order valence-electron chi connectivity index (χ0n) is 16.0. The van der Waals surface area contributed by atoms with Crippen molar-refractivity contribution >= 4 is 11.8 Å². The average Bonchev–Trinajstić information content (AvgIpc) is 2.52. The van der Waals surface area contributed by atoms with Crippen molar-refractivity contribution in [2.45, 2.75) is 78.9 Å². The normalized spacial score (nSPS) is 48.6. The van der Waals surface area contributed by atoms with Gasteiger partial charge in [-0.3, -0.25) is 4.79 Å². The lowest BCUT2D eigenvalue weighted by molar-refractivity contribution is -0.216. The third kappa shape index (κ3) is 1.92. The minimum Gasteiger partial charge on any atom is -0.459 e. The van der Waals surface area contributed by atoms with Crippen molar-refractivity contribution in [3.63, 3.8) is 0 Å². The summed E-state index contributed by atoms with van der Waals surface area (Å²) in [6.07, 6.45) is 2.87. The van der Waals surface area contributed by atoms with Crippen LogP contribution in [0.3, 0.4) is 0 Å². The molecule has 4 nitrogen and oxygen atoms in total. The lowest BCUT2D eigenvalue weighted by atomic mass is 9.39. The number of esters is 1. The van der Waals surface area contributed by atoms with Gasteiger partial charge in [0.25, 0.3) is 0 Å². The van der Waals surface area contributed by atoms with Crippen LogP contribution in [0.25, 0.3) is 0 Å². The Balaban J connectivity index is 1.89. The van der Waals surface area contributed by atoms with Crippen molar-refractivity contribution in [1.29, 1.82) is 0 Å². The molecule has 2 saturated carbocycles. The van der Waals surface area contributed by atoms with Crippen molar-refractivity contribution in [2.75, 3.05) is 0 Å². The van der Waals surface area contributed by atoms with Crippen molar-refractivity contribution in [3.8, 4) is 0 Å². The van der Waals surface area contributed by atoms with Gasteiger partial charge in [0.15, 0.2) is 6.10 Å². The number of hydrogen-bond donors (Lipinski definition) is 1. The number of ketones is 1. The van der Waals surface area contributed by atoms with E-state index in [0.717, 1.165) is 36.8 Å². The molecule has 3 aliphatic carbocycles. The fourth-order valence-corrected chi connectivity index (χ4v) is 7.21. The van der Waals surface area contributed by atoms with E-state index in [4.69, 9.17) is 4.74 Å². The first kappa shape index (κ1) is 17.3. The van der Waals surface area contributed by atoms with Crippen molar-refractivity contribution in [3.05, 3.63) is 11.1 Å². The smallest absolute Gasteiger partial charge is 0.339 e. The summed E-state index contributed by atoms with van der Waals surface area (Å²) in [4.78, 5) is 25.0. The molecule has 0 aromatic carbocycles. The first-order valence-electron chi connectivity index (χ1n) is 9.66. The number of carbonyl (C=O) groups is 2. The highest BCUT2D eigenvalue weighted by atomic mass is 16.6. The van der Waals surface area contributed by atoms with Gasteiger partial charge < -0.3 is 9.84 Å². The summed E-state index contributed by atoms with van der Waals surface area (Å²) in [6, 6.07) is 0. The van der Waals surface area contributed by atoms with Crippen LogP contribution in [0, 0.1) is 28.1 Å². The molecule has 1 saturated heterocycles. The van der Waals surface area contributed by atoms with Crippen LogP contribution in [0.5, 0.6) is 0 Å². The Labute approximate surface area is 150 Å². The molecule has 1 heterocycles. The molecular formula is C21H30O4. The minimum atomic E-state index is -1.12. The van der Waals surface area contributed by atoms with Gasteiger partial charge in [-0.1, -0.05) is 33.3 Å². The maximum Gasteiger partial charge on any atom is 0.339 e. The van der Waals surface area contributed by atoms with Crippen LogP contribution < -0.4 is 0 Å². The average molecular weight is 346 g/mol. The lowest BCUT2D eigenvalue weighted by Crippen LogP contribution is -2.67. The van der Waals surface area contributed by atoms with E-state index in [1.54, 1.807) is 0 Å². The van der Waals surface area contributed by atoms with Gasteiger partial charge in [0.1, 0.15) is 11.9 Å². The molecule has 25 heavy (non-hydrogen) atoms. The Kier molecular flexibility index (Phi) is 3.43. The quantitative estimate of drug-likeness (QED) is 0.539. The third-order valence-corrected chi connectivity index (χ3v) is 8.52. The zero-order valence-corrected chi connectivity index (χ0v) is 16.0. The molecule has 0 aromatic rings. The lowest BCUT2D eigenvalue weighted by Gasteiger charge is -2.67. The highest BCUT2D eigenvalue weighted by Gasteiger charge is 2.68. The van der Waals surface area contributed by atoms with Crippen LogP contribution in [0.2, 0.25) is 0 Å². The number of Topliss-reactive ketones (excluding diaryl/α,β-unsaturated/α-hetero) is 1. The monoisotopic (exact) mass is 346 g/mol. The standard InChI is InChI=1S/C21H30O4/c1-11-6-7-12-20(4)9-8-14(22)19(2,3)13(20)10-15-21(12,5)16(11)17(23)18(24)25-15/h12-13,15,17,23H,6-10H2,1-5H3/t12-,13+,15?,17?,20-,21+/m1/s1. The molecule has 1 N–H and O–H groups in total. The number of carbonyl (C=O) groups excluding carboxylic acids is 2. The molecule has 4 heteroatoms. The summed E-state index contributed by atoms with van der Waals surface area (Å²) in [5.41, 5.74) is 1.42. The zero-order chi connectivity index (χ0) is 18.4. The summed E-state index contributed by atoms with van der Waals surface area (Å²) >= 11 is 0. The van der Waals surface area contributed by atoms with E-state index in [1.807, 2.05) is 0 Å². The second kappa shape index (κ2) is 4.97. The maximum absolute atomic E-state index is 12.6. The van der Waals surface area contributed by atoms with Crippen LogP contribution in [-0.2, 0) is 14.3 Å². The van der Waals surface area contributed by atoms with E-state index in [1.165, 1.54) is 0 Å². The number of hydrogen-bond acceptors (Lipinski definition) is 4. The summed E-state index contributed by atoms with van der Waals surface area (Å²) in [6.45, 7) is 10.7. The second-order valence-electron chi connectivity index (χ2n) is 9.83. The Morgan fingerprint density at radius 2 is 1.76 bits per heavy atom. The fraction of sp³-hybridized carbons (Fsp3) is 0.810. The van der Waals surface area contributed by atoms with E-state index >= 15 is 0 Å². The molecule has 6 atom stereocenters. The Bertz CT molecular complexity index is 690. The minimum absolute atomic E-state index is 0.0398. The number of allylic oxidation sites excluding steroid dienone is 1. The molecule has 2 unspecified atom stereocenters. The Hall–Kier alpha value is -1.16. The molecule has 4 aliphatic rings. The number of rotatable bonds is 0. The van der Waals surface area contributed by atoms with Crippen molar-refractivity contribution < 1.29 is 19.4 Å². The van der Waals surface area contributed by atoms with Gasteiger partial charge in [0.2, 0.25) is 0 Å². The molecule has 138 valence electrons. The molecule has 1 aliphatic heterocycles. The summed E-state index contributed by atoms with van der Waals surface area (Å²) < 4.78 is 5.78. The largest absolute Gasteiger partial charge is 0.459 e. The van der Waals surface area contributed by atoms with Crippen LogP contribution in [0.15, 0.2) is 11.1 Å². The highest BCUT2D eigenvalue weighted by Crippen LogP contribution is 2.69. The topological polar surface area (TPSA) is 63.6 Å².